The van der Waals surface area contributed by atoms with Gasteiger partial charge in [-0.05, 0) is 47.9 Å². The van der Waals surface area contributed by atoms with E-state index in [0.29, 0.717) is 12.4 Å². The molecule has 0 bridgehead atoms. The van der Waals surface area contributed by atoms with Crippen LogP contribution in [0, 0.1) is 5.82 Å². The average molecular weight is 410 g/mol. The van der Waals surface area contributed by atoms with Crippen LogP contribution in [0.15, 0.2) is 72.8 Å². The Morgan fingerprint density at radius 3 is 2.17 bits per heavy atom. The summed E-state index contributed by atoms with van der Waals surface area (Å²) in [6, 6.07) is 21.0. The Morgan fingerprint density at radius 2 is 1.57 bits per heavy atom. The summed E-state index contributed by atoms with van der Waals surface area (Å²) in [5.74, 6) is -1.34. The zero-order valence-electron chi connectivity index (χ0n) is 17.1. The molecule has 0 aliphatic carbocycles. The second-order valence-electron chi connectivity index (χ2n) is 6.77. The van der Waals surface area contributed by atoms with Crippen LogP contribution in [-0.2, 0) is 0 Å². The van der Waals surface area contributed by atoms with Crippen molar-refractivity contribution < 1.29 is 24.1 Å². The maximum absolute atomic E-state index is 13.4. The van der Waals surface area contributed by atoms with Gasteiger partial charge < -0.3 is 14.9 Å². The quantitative estimate of drug-likeness (QED) is 0.414. The van der Waals surface area contributed by atoms with Gasteiger partial charge in [0.25, 0.3) is 0 Å². The largest absolute Gasteiger partial charge is 0.508 e. The van der Waals surface area contributed by atoms with E-state index in [0.717, 1.165) is 37.3 Å². The zero-order valence-corrected chi connectivity index (χ0v) is 17.1. The van der Waals surface area contributed by atoms with E-state index in [9.17, 15) is 9.18 Å². The molecule has 0 saturated carbocycles. The highest BCUT2D eigenvalue weighted by atomic mass is 19.1. The molecule has 158 valence electrons. The molecule has 0 heterocycles. The number of ether oxygens (including phenoxy) is 1. The molecule has 0 atom stereocenters. The van der Waals surface area contributed by atoms with Crippen molar-refractivity contribution in [1.29, 1.82) is 0 Å². The number of carbonyl (C=O) groups is 1. The van der Waals surface area contributed by atoms with Crippen molar-refractivity contribution in [3.05, 3.63) is 84.2 Å². The molecular weight excluding hydrogens is 383 g/mol. The minimum atomic E-state index is -1.14. The predicted molar refractivity (Wildman–Crippen MR) is 117 cm³/mol. The summed E-state index contributed by atoms with van der Waals surface area (Å²) in [6.07, 6.45) is 4.23. The maximum Gasteiger partial charge on any atom is 0.335 e. The van der Waals surface area contributed by atoms with E-state index < -0.39 is 11.8 Å². The number of rotatable bonds is 8. The summed E-state index contributed by atoms with van der Waals surface area (Å²) in [7, 11) is 0. The summed E-state index contributed by atoms with van der Waals surface area (Å²) in [5, 5.41) is 17.8. The smallest absolute Gasteiger partial charge is 0.335 e. The van der Waals surface area contributed by atoms with Crippen LogP contribution in [0.1, 0.15) is 43.0 Å². The number of halogens is 1. The third-order valence-electron chi connectivity index (χ3n) is 4.41. The lowest BCUT2D eigenvalue weighted by atomic mass is 10.1. The molecule has 3 aromatic carbocycles. The molecule has 5 heteroatoms. The Hall–Kier alpha value is -3.34. The van der Waals surface area contributed by atoms with Crippen LogP contribution in [0.2, 0.25) is 0 Å². The molecule has 0 fully saturated rings. The molecule has 0 spiro atoms. The van der Waals surface area contributed by atoms with Crippen molar-refractivity contribution >= 4 is 5.97 Å². The van der Waals surface area contributed by atoms with E-state index in [1.54, 1.807) is 12.1 Å². The topological polar surface area (TPSA) is 66.8 Å². The fraction of sp³-hybridized carbons (Fsp3) is 0.240. The molecule has 0 unspecified atom stereocenters. The van der Waals surface area contributed by atoms with Gasteiger partial charge in [-0.1, -0.05) is 68.7 Å². The Bertz CT molecular complexity index is 908. The molecule has 4 nitrogen and oxygen atoms in total. The fourth-order valence-corrected chi connectivity index (χ4v) is 2.75. The van der Waals surface area contributed by atoms with Crippen molar-refractivity contribution in [3.63, 3.8) is 0 Å². The first kappa shape index (κ1) is 22.9. The minimum absolute atomic E-state index is 0.0687. The number of aromatic carboxylic acids is 1. The van der Waals surface area contributed by atoms with Gasteiger partial charge in [0.2, 0.25) is 0 Å². The number of aromatic hydroxyl groups is 1. The molecule has 0 aliphatic rings. The van der Waals surface area contributed by atoms with E-state index in [1.165, 1.54) is 17.7 Å². The lowest BCUT2D eigenvalue weighted by molar-refractivity contribution is 0.0696. The number of hydrogen-bond donors (Lipinski definition) is 2. The van der Waals surface area contributed by atoms with Crippen molar-refractivity contribution in [3.8, 4) is 22.6 Å². The van der Waals surface area contributed by atoms with Gasteiger partial charge in [-0.2, -0.15) is 0 Å². The summed E-state index contributed by atoms with van der Waals surface area (Å²) < 4.78 is 18.6. The number of phenolic OH excluding ortho intramolecular Hbond substituents is 1. The summed E-state index contributed by atoms with van der Waals surface area (Å²) in [5.41, 5.74) is 2.22. The molecule has 30 heavy (non-hydrogen) atoms. The summed E-state index contributed by atoms with van der Waals surface area (Å²) >= 11 is 0. The van der Waals surface area contributed by atoms with E-state index in [1.807, 2.05) is 42.5 Å². The van der Waals surface area contributed by atoms with E-state index in [2.05, 4.69) is 6.92 Å². The van der Waals surface area contributed by atoms with Crippen LogP contribution >= 0.6 is 0 Å². The number of benzene rings is 3. The third kappa shape index (κ3) is 7.59. The van der Waals surface area contributed by atoms with Crippen LogP contribution in [-0.4, -0.2) is 22.8 Å². The normalized spacial score (nSPS) is 10.1. The van der Waals surface area contributed by atoms with Gasteiger partial charge in [-0.3, -0.25) is 0 Å². The molecule has 0 saturated heterocycles. The van der Waals surface area contributed by atoms with E-state index >= 15 is 0 Å². The molecule has 0 radical (unpaired) electrons. The first-order valence-corrected chi connectivity index (χ1v) is 10.0. The van der Waals surface area contributed by atoms with Crippen LogP contribution in [0.4, 0.5) is 4.39 Å². The SMILES string of the molecule is CCCCCCOc1ccc(C(=O)O)cc1F.Oc1ccc(-c2ccccc2)cc1. The summed E-state index contributed by atoms with van der Waals surface area (Å²) in [4.78, 5) is 10.6. The average Bonchev–Trinajstić information content (AvgIpc) is 2.76. The van der Waals surface area contributed by atoms with Crippen molar-refractivity contribution in [2.45, 2.75) is 32.6 Å². The van der Waals surface area contributed by atoms with E-state index in [-0.39, 0.29) is 11.3 Å². The van der Waals surface area contributed by atoms with Gasteiger partial charge in [0.05, 0.1) is 12.2 Å². The number of phenols is 1. The highest BCUT2D eigenvalue weighted by Crippen LogP contribution is 2.21. The first-order valence-electron chi connectivity index (χ1n) is 10.0. The van der Waals surface area contributed by atoms with Gasteiger partial charge in [-0.25, -0.2) is 9.18 Å². The highest BCUT2D eigenvalue weighted by molar-refractivity contribution is 5.87. The van der Waals surface area contributed by atoms with Crippen LogP contribution < -0.4 is 4.74 Å². The van der Waals surface area contributed by atoms with Crippen LogP contribution in [0.5, 0.6) is 11.5 Å². The Labute approximate surface area is 176 Å². The van der Waals surface area contributed by atoms with Gasteiger partial charge in [0.1, 0.15) is 5.75 Å². The van der Waals surface area contributed by atoms with Crippen LogP contribution in [0.3, 0.4) is 0 Å². The fourth-order valence-electron chi connectivity index (χ4n) is 2.75. The maximum atomic E-state index is 13.4. The molecule has 3 rings (SSSR count). The number of unbranched alkanes of at least 4 members (excludes halogenated alkanes) is 3. The number of carboxylic acid groups (broad SMARTS) is 1. The Balaban J connectivity index is 0.000000220. The second kappa shape index (κ2) is 12.3. The lowest BCUT2D eigenvalue weighted by Gasteiger charge is -2.07. The summed E-state index contributed by atoms with van der Waals surface area (Å²) in [6.45, 7) is 2.58. The van der Waals surface area contributed by atoms with E-state index in [4.69, 9.17) is 14.9 Å². The molecule has 0 aliphatic heterocycles. The molecule has 2 N–H and O–H groups in total. The standard InChI is InChI=1S/C13H17FO3.C12H10O/c1-2-3-4-5-8-17-12-7-6-10(13(15)16)9-11(12)14;13-12-8-6-11(7-9-12)10-4-2-1-3-5-10/h6-7,9H,2-5,8H2,1H3,(H,15,16);1-9,13H. The minimum Gasteiger partial charge on any atom is -0.508 e. The van der Waals surface area contributed by atoms with Gasteiger partial charge in [0, 0.05) is 0 Å². The zero-order chi connectivity index (χ0) is 21.8. The van der Waals surface area contributed by atoms with Gasteiger partial charge in [-0.15, -0.1) is 0 Å². The van der Waals surface area contributed by atoms with Gasteiger partial charge >= 0.3 is 5.97 Å². The second-order valence-corrected chi connectivity index (χ2v) is 6.77. The lowest BCUT2D eigenvalue weighted by Crippen LogP contribution is -2.02. The number of carboxylic acids is 1. The Morgan fingerprint density at radius 1 is 0.900 bits per heavy atom. The van der Waals surface area contributed by atoms with Crippen molar-refractivity contribution in [2.75, 3.05) is 6.61 Å². The van der Waals surface area contributed by atoms with Crippen molar-refractivity contribution in [2.24, 2.45) is 0 Å². The van der Waals surface area contributed by atoms with Crippen LogP contribution in [0.25, 0.3) is 11.1 Å². The molecule has 3 aromatic rings. The van der Waals surface area contributed by atoms with Gasteiger partial charge in [0.15, 0.2) is 11.6 Å². The molecular formula is C25H27FO4. The first-order chi connectivity index (χ1) is 14.5. The molecule has 0 aromatic heterocycles. The highest BCUT2D eigenvalue weighted by Gasteiger charge is 2.08. The number of hydrogen-bond acceptors (Lipinski definition) is 3. The molecule has 0 amide bonds. The monoisotopic (exact) mass is 410 g/mol. The predicted octanol–water partition coefficient (Wildman–Crippen LogP) is 6.54. The van der Waals surface area contributed by atoms with Crippen molar-refractivity contribution in [1.82, 2.24) is 0 Å². The Kier molecular flexibility index (Phi) is 9.38. The third-order valence-corrected chi connectivity index (χ3v) is 4.41.